The Kier molecular flexibility index (Phi) is 4.18. The lowest BCUT2D eigenvalue weighted by atomic mass is 10.0. The SMILES string of the molecule is CCN1CCN(Cc2ccc3c(c2)OCCO3)[C@H]2CS(=O)(=O)C[C@H]21. The minimum Gasteiger partial charge on any atom is -0.486 e. The lowest BCUT2D eigenvalue weighted by Gasteiger charge is -2.43. The van der Waals surface area contributed by atoms with Crippen molar-refractivity contribution in [3.05, 3.63) is 23.8 Å². The second-order valence-electron chi connectivity index (χ2n) is 6.79. The Bertz CT molecular complexity index is 721. The summed E-state index contributed by atoms with van der Waals surface area (Å²) >= 11 is 0. The van der Waals surface area contributed by atoms with E-state index in [1.165, 1.54) is 0 Å². The van der Waals surface area contributed by atoms with E-state index in [2.05, 4.69) is 22.8 Å². The fraction of sp³-hybridized carbons (Fsp3) is 0.647. The molecule has 24 heavy (non-hydrogen) atoms. The summed E-state index contributed by atoms with van der Waals surface area (Å²) in [5, 5.41) is 0. The molecule has 3 heterocycles. The van der Waals surface area contributed by atoms with Gasteiger partial charge < -0.3 is 9.47 Å². The van der Waals surface area contributed by atoms with Crippen molar-refractivity contribution in [2.45, 2.75) is 25.6 Å². The summed E-state index contributed by atoms with van der Waals surface area (Å²) in [7, 11) is -2.94. The predicted octanol–water partition coefficient (Wildman–Crippen LogP) is 0.761. The average Bonchev–Trinajstić information content (AvgIpc) is 2.90. The maximum absolute atomic E-state index is 12.2. The standard InChI is InChI=1S/C17H24N2O4S/c1-2-18-5-6-19(15-12-24(20,21)11-14(15)18)10-13-3-4-16-17(9-13)23-8-7-22-16/h3-4,9,14-15H,2,5-8,10-12H2,1H3/t14-,15+/m1/s1. The van der Waals surface area contributed by atoms with Crippen LogP contribution in [0, 0.1) is 0 Å². The molecule has 1 aromatic rings. The Labute approximate surface area is 143 Å². The lowest BCUT2D eigenvalue weighted by molar-refractivity contribution is 0.0438. The van der Waals surface area contributed by atoms with Crippen LogP contribution in [-0.2, 0) is 16.4 Å². The van der Waals surface area contributed by atoms with Gasteiger partial charge in [-0.2, -0.15) is 0 Å². The van der Waals surface area contributed by atoms with E-state index >= 15 is 0 Å². The molecule has 0 saturated carbocycles. The van der Waals surface area contributed by atoms with Crippen LogP contribution in [-0.4, -0.2) is 74.7 Å². The van der Waals surface area contributed by atoms with Crippen molar-refractivity contribution in [2.24, 2.45) is 0 Å². The van der Waals surface area contributed by atoms with Crippen molar-refractivity contribution in [3.8, 4) is 11.5 Å². The number of rotatable bonds is 3. The van der Waals surface area contributed by atoms with E-state index in [4.69, 9.17) is 9.47 Å². The summed E-state index contributed by atoms with van der Waals surface area (Å²) in [4.78, 5) is 4.64. The summed E-state index contributed by atoms with van der Waals surface area (Å²) in [6.07, 6.45) is 0. The highest BCUT2D eigenvalue weighted by atomic mass is 32.2. The third-order valence-electron chi connectivity index (χ3n) is 5.30. The van der Waals surface area contributed by atoms with E-state index in [-0.39, 0.29) is 17.8 Å². The monoisotopic (exact) mass is 352 g/mol. The predicted molar refractivity (Wildman–Crippen MR) is 91.3 cm³/mol. The third-order valence-corrected chi connectivity index (χ3v) is 7.00. The fourth-order valence-corrected chi connectivity index (χ4v) is 6.15. The second kappa shape index (κ2) is 6.20. The molecule has 0 amide bonds. The largest absolute Gasteiger partial charge is 0.486 e. The Morgan fingerprint density at radius 1 is 1.04 bits per heavy atom. The van der Waals surface area contributed by atoms with Crippen LogP contribution in [0.5, 0.6) is 11.5 Å². The van der Waals surface area contributed by atoms with E-state index < -0.39 is 9.84 Å². The molecule has 2 saturated heterocycles. The molecule has 2 atom stereocenters. The molecule has 3 aliphatic rings. The van der Waals surface area contributed by atoms with Crippen LogP contribution in [0.1, 0.15) is 12.5 Å². The maximum Gasteiger partial charge on any atom is 0.161 e. The number of hydrogen-bond donors (Lipinski definition) is 0. The van der Waals surface area contributed by atoms with Gasteiger partial charge in [0.1, 0.15) is 13.2 Å². The van der Waals surface area contributed by atoms with Crippen molar-refractivity contribution < 1.29 is 17.9 Å². The van der Waals surface area contributed by atoms with Crippen LogP contribution < -0.4 is 9.47 Å². The van der Waals surface area contributed by atoms with Crippen molar-refractivity contribution in [3.63, 3.8) is 0 Å². The first kappa shape index (κ1) is 16.2. The number of ether oxygens (including phenoxy) is 2. The smallest absolute Gasteiger partial charge is 0.161 e. The van der Waals surface area contributed by atoms with Gasteiger partial charge in [0.05, 0.1) is 11.5 Å². The zero-order chi connectivity index (χ0) is 16.7. The van der Waals surface area contributed by atoms with Crippen molar-refractivity contribution in [1.82, 2.24) is 9.80 Å². The number of piperazine rings is 1. The molecular formula is C17H24N2O4S. The molecule has 0 bridgehead atoms. The average molecular weight is 352 g/mol. The molecule has 0 aliphatic carbocycles. The highest BCUT2D eigenvalue weighted by molar-refractivity contribution is 7.91. The van der Waals surface area contributed by atoms with Crippen molar-refractivity contribution in [1.29, 1.82) is 0 Å². The van der Waals surface area contributed by atoms with E-state index in [0.29, 0.717) is 19.0 Å². The van der Waals surface area contributed by atoms with Gasteiger partial charge in [0.2, 0.25) is 0 Å². The molecule has 1 aromatic carbocycles. The summed E-state index contributed by atoms with van der Waals surface area (Å²) in [5.41, 5.74) is 1.15. The zero-order valence-electron chi connectivity index (χ0n) is 14.0. The van der Waals surface area contributed by atoms with Crippen LogP contribution in [0.25, 0.3) is 0 Å². The van der Waals surface area contributed by atoms with Gasteiger partial charge in [-0.05, 0) is 24.2 Å². The first-order chi connectivity index (χ1) is 11.6. The minimum atomic E-state index is -2.94. The quantitative estimate of drug-likeness (QED) is 0.801. The second-order valence-corrected chi connectivity index (χ2v) is 8.94. The molecule has 6 nitrogen and oxygen atoms in total. The van der Waals surface area contributed by atoms with Gasteiger partial charge in [0, 0.05) is 31.7 Å². The molecule has 0 spiro atoms. The summed E-state index contributed by atoms with van der Waals surface area (Å²) < 4.78 is 35.5. The van der Waals surface area contributed by atoms with Gasteiger partial charge in [0.25, 0.3) is 0 Å². The Balaban J connectivity index is 1.54. The first-order valence-corrected chi connectivity index (χ1v) is 10.4. The number of hydrogen-bond acceptors (Lipinski definition) is 6. The Morgan fingerprint density at radius 3 is 2.46 bits per heavy atom. The highest BCUT2D eigenvalue weighted by Crippen LogP contribution is 2.33. The summed E-state index contributed by atoms with van der Waals surface area (Å²) in [5.74, 6) is 2.16. The highest BCUT2D eigenvalue weighted by Gasteiger charge is 2.45. The molecule has 7 heteroatoms. The van der Waals surface area contributed by atoms with Crippen LogP contribution in [0.2, 0.25) is 0 Å². The van der Waals surface area contributed by atoms with Gasteiger partial charge >= 0.3 is 0 Å². The molecule has 4 rings (SSSR count). The molecule has 132 valence electrons. The molecule has 2 fully saturated rings. The molecule has 3 aliphatic heterocycles. The third kappa shape index (κ3) is 3.00. The van der Waals surface area contributed by atoms with Crippen molar-refractivity contribution >= 4 is 9.84 Å². The molecule has 0 aromatic heterocycles. The van der Waals surface area contributed by atoms with E-state index in [1.807, 2.05) is 12.1 Å². The normalized spacial score (nSPS) is 29.4. The van der Waals surface area contributed by atoms with Gasteiger partial charge in [-0.3, -0.25) is 9.80 Å². The van der Waals surface area contributed by atoms with Gasteiger partial charge in [-0.15, -0.1) is 0 Å². The number of fused-ring (bicyclic) bond motifs is 2. The summed E-state index contributed by atoms with van der Waals surface area (Å²) in [6.45, 7) is 6.77. The molecular weight excluding hydrogens is 328 g/mol. The van der Waals surface area contributed by atoms with E-state index in [1.54, 1.807) is 0 Å². The molecule has 0 unspecified atom stereocenters. The van der Waals surface area contributed by atoms with Gasteiger partial charge in [-0.1, -0.05) is 13.0 Å². The minimum absolute atomic E-state index is 0.0944. The fourth-order valence-electron chi connectivity index (χ4n) is 4.11. The number of sulfone groups is 1. The van der Waals surface area contributed by atoms with Crippen LogP contribution in [0.3, 0.4) is 0 Å². The van der Waals surface area contributed by atoms with Crippen LogP contribution in [0.4, 0.5) is 0 Å². The van der Waals surface area contributed by atoms with Gasteiger partial charge in [0.15, 0.2) is 21.3 Å². The number of likely N-dealkylation sites (N-methyl/N-ethyl adjacent to an activating group) is 1. The first-order valence-electron chi connectivity index (χ1n) is 8.63. The lowest BCUT2D eigenvalue weighted by Crippen LogP contribution is -2.58. The topological polar surface area (TPSA) is 59.1 Å². The molecule has 0 radical (unpaired) electrons. The molecule has 0 N–H and O–H groups in total. The summed E-state index contributed by atoms with van der Waals surface area (Å²) in [6, 6.07) is 6.26. The maximum atomic E-state index is 12.2. The van der Waals surface area contributed by atoms with Crippen molar-refractivity contribution in [2.75, 3.05) is 44.4 Å². The zero-order valence-corrected chi connectivity index (χ0v) is 14.8. The number of benzene rings is 1. The number of nitrogens with zero attached hydrogens (tertiary/aromatic N) is 2. The van der Waals surface area contributed by atoms with E-state index in [0.717, 1.165) is 43.2 Å². The van der Waals surface area contributed by atoms with Crippen LogP contribution >= 0.6 is 0 Å². The Morgan fingerprint density at radius 2 is 1.71 bits per heavy atom. The van der Waals surface area contributed by atoms with Gasteiger partial charge in [-0.25, -0.2) is 8.42 Å². The Hall–Kier alpha value is -1.31. The van der Waals surface area contributed by atoms with E-state index in [9.17, 15) is 8.42 Å². The van der Waals surface area contributed by atoms with Crippen LogP contribution in [0.15, 0.2) is 18.2 Å².